The van der Waals surface area contributed by atoms with E-state index >= 15 is 0 Å². The van der Waals surface area contributed by atoms with Crippen LogP contribution in [0, 0.1) is 6.92 Å². The highest BCUT2D eigenvalue weighted by molar-refractivity contribution is 5.86. The Hall–Kier alpha value is -1.48. The molecule has 2 N–H and O–H groups in total. The van der Waals surface area contributed by atoms with Crippen molar-refractivity contribution in [2.24, 2.45) is 0 Å². The maximum absolute atomic E-state index is 5.35. The van der Waals surface area contributed by atoms with Crippen molar-refractivity contribution < 1.29 is 4.74 Å². The first-order valence-corrected chi connectivity index (χ1v) is 7.16. The highest BCUT2D eigenvalue weighted by atomic mass is 16.5. The molecule has 0 radical (unpaired) electrons. The first-order valence-electron chi connectivity index (χ1n) is 7.16. The topological polar surface area (TPSA) is 37.0 Å². The van der Waals surface area contributed by atoms with Gasteiger partial charge < -0.3 is 15.0 Å². The van der Waals surface area contributed by atoms with E-state index in [0.717, 1.165) is 18.7 Å². The molecule has 1 aliphatic heterocycles. The molecule has 2 aromatic rings. The molecular formula is C16H22N2O. The lowest BCUT2D eigenvalue weighted by Crippen LogP contribution is -2.35. The summed E-state index contributed by atoms with van der Waals surface area (Å²) in [6.45, 7) is 3.33. The molecule has 1 saturated heterocycles. The van der Waals surface area contributed by atoms with Crippen LogP contribution in [0.25, 0.3) is 10.9 Å². The number of aromatic nitrogens is 1. The highest BCUT2D eigenvalue weighted by Gasteiger charge is 2.17. The van der Waals surface area contributed by atoms with E-state index in [1.807, 2.05) is 6.07 Å². The average Bonchev–Trinajstić information content (AvgIpc) is 2.76. The number of hydrogen-bond donors (Lipinski definition) is 2. The SMILES string of the molecule is COc1ccc2[nH]c(C)c(CC3CCCCN3)c2c1. The molecule has 1 unspecified atom stereocenters. The van der Waals surface area contributed by atoms with E-state index in [-0.39, 0.29) is 0 Å². The van der Waals surface area contributed by atoms with E-state index in [2.05, 4.69) is 29.4 Å². The Morgan fingerprint density at radius 3 is 2.95 bits per heavy atom. The number of aromatic amines is 1. The molecule has 3 heteroatoms. The summed E-state index contributed by atoms with van der Waals surface area (Å²) in [5.74, 6) is 0.935. The molecule has 1 fully saturated rings. The number of hydrogen-bond acceptors (Lipinski definition) is 2. The summed E-state index contributed by atoms with van der Waals surface area (Å²) in [4.78, 5) is 3.48. The molecule has 19 heavy (non-hydrogen) atoms. The van der Waals surface area contributed by atoms with Crippen molar-refractivity contribution in [2.45, 2.75) is 38.6 Å². The minimum Gasteiger partial charge on any atom is -0.497 e. The van der Waals surface area contributed by atoms with Crippen molar-refractivity contribution in [2.75, 3.05) is 13.7 Å². The third-order valence-corrected chi connectivity index (χ3v) is 4.19. The second kappa shape index (κ2) is 5.25. The van der Waals surface area contributed by atoms with Gasteiger partial charge in [0.1, 0.15) is 5.75 Å². The Kier molecular flexibility index (Phi) is 3.47. The number of benzene rings is 1. The van der Waals surface area contributed by atoms with Crippen molar-refractivity contribution in [3.63, 3.8) is 0 Å². The standard InChI is InChI=1S/C16H22N2O/c1-11-14(9-12-5-3-4-8-17-12)15-10-13(19-2)6-7-16(15)18-11/h6-7,10,12,17-18H,3-5,8-9H2,1-2H3. The molecule has 0 amide bonds. The molecule has 0 aliphatic carbocycles. The largest absolute Gasteiger partial charge is 0.497 e. The van der Waals surface area contributed by atoms with Gasteiger partial charge in [0.15, 0.2) is 0 Å². The molecule has 3 rings (SSSR count). The maximum atomic E-state index is 5.35. The van der Waals surface area contributed by atoms with Crippen LogP contribution in [0.3, 0.4) is 0 Å². The summed E-state index contributed by atoms with van der Waals surface area (Å²) < 4.78 is 5.35. The molecule has 1 atom stereocenters. The lowest BCUT2D eigenvalue weighted by Gasteiger charge is -2.23. The summed E-state index contributed by atoms with van der Waals surface area (Å²) in [5.41, 5.74) is 3.94. The highest BCUT2D eigenvalue weighted by Crippen LogP contribution is 2.28. The van der Waals surface area contributed by atoms with Gasteiger partial charge in [-0.25, -0.2) is 0 Å². The summed E-state index contributed by atoms with van der Waals surface area (Å²) in [6, 6.07) is 6.90. The van der Waals surface area contributed by atoms with Gasteiger partial charge in [-0.3, -0.25) is 0 Å². The molecule has 102 valence electrons. The fourth-order valence-electron chi connectivity index (χ4n) is 3.10. The molecule has 1 aromatic heterocycles. The third-order valence-electron chi connectivity index (χ3n) is 4.19. The molecule has 1 aromatic carbocycles. The molecule has 3 nitrogen and oxygen atoms in total. The lowest BCUT2D eigenvalue weighted by molar-refractivity contribution is 0.399. The predicted molar refractivity (Wildman–Crippen MR) is 78.9 cm³/mol. The molecule has 0 bridgehead atoms. The lowest BCUT2D eigenvalue weighted by atomic mass is 9.96. The molecular weight excluding hydrogens is 236 g/mol. The molecule has 0 spiro atoms. The second-order valence-electron chi connectivity index (χ2n) is 5.49. The molecule has 2 heterocycles. The van der Waals surface area contributed by atoms with Crippen molar-refractivity contribution in [3.8, 4) is 5.75 Å². The van der Waals surface area contributed by atoms with Crippen LogP contribution in [0.5, 0.6) is 5.75 Å². The summed E-state index contributed by atoms with van der Waals surface area (Å²) in [5, 5.41) is 4.94. The Morgan fingerprint density at radius 1 is 1.32 bits per heavy atom. The molecule has 0 saturated carbocycles. The quantitative estimate of drug-likeness (QED) is 0.887. The van der Waals surface area contributed by atoms with Crippen molar-refractivity contribution in [1.29, 1.82) is 0 Å². The summed E-state index contributed by atoms with van der Waals surface area (Å²) in [6.07, 6.45) is 5.06. The number of H-pyrrole nitrogens is 1. The Morgan fingerprint density at radius 2 is 2.21 bits per heavy atom. The minimum absolute atomic E-state index is 0.623. The first kappa shape index (κ1) is 12.5. The van der Waals surface area contributed by atoms with Crippen LogP contribution in [-0.2, 0) is 6.42 Å². The van der Waals surface area contributed by atoms with Gasteiger partial charge in [0.25, 0.3) is 0 Å². The predicted octanol–water partition coefficient (Wildman–Crippen LogP) is 3.17. The van der Waals surface area contributed by atoms with Gasteiger partial charge in [0, 0.05) is 22.6 Å². The van der Waals surface area contributed by atoms with Gasteiger partial charge >= 0.3 is 0 Å². The van der Waals surface area contributed by atoms with E-state index in [0.29, 0.717) is 6.04 Å². The fraction of sp³-hybridized carbons (Fsp3) is 0.500. The minimum atomic E-state index is 0.623. The number of ether oxygens (including phenoxy) is 1. The fourth-order valence-corrected chi connectivity index (χ4v) is 3.10. The van der Waals surface area contributed by atoms with Crippen molar-refractivity contribution >= 4 is 10.9 Å². The number of nitrogens with one attached hydrogen (secondary N) is 2. The van der Waals surface area contributed by atoms with E-state index < -0.39 is 0 Å². The van der Waals surface area contributed by atoms with E-state index in [9.17, 15) is 0 Å². The first-order chi connectivity index (χ1) is 9.28. The van der Waals surface area contributed by atoms with E-state index in [1.165, 1.54) is 41.4 Å². The van der Waals surface area contributed by atoms with Crippen molar-refractivity contribution in [1.82, 2.24) is 10.3 Å². The molecule has 1 aliphatic rings. The van der Waals surface area contributed by atoms with Crippen LogP contribution in [0.2, 0.25) is 0 Å². The van der Waals surface area contributed by atoms with Gasteiger partial charge in [-0.05, 0) is 56.5 Å². The van der Waals surface area contributed by atoms with Gasteiger partial charge in [0.2, 0.25) is 0 Å². The van der Waals surface area contributed by atoms with E-state index in [4.69, 9.17) is 4.74 Å². The monoisotopic (exact) mass is 258 g/mol. The average molecular weight is 258 g/mol. The number of aryl methyl sites for hydroxylation is 1. The van der Waals surface area contributed by atoms with Crippen molar-refractivity contribution in [3.05, 3.63) is 29.5 Å². The zero-order chi connectivity index (χ0) is 13.2. The van der Waals surface area contributed by atoms with Gasteiger partial charge in [-0.15, -0.1) is 0 Å². The van der Waals surface area contributed by atoms with Gasteiger partial charge in [0.05, 0.1) is 7.11 Å². The third kappa shape index (κ3) is 2.47. The normalized spacial score (nSPS) is 19.8. The zero-order valence-corrected chi connectivity index (χ0v) is 11.8. The van der Waals surface area contributed by atoms with Crippen LogP contribution in [-0.4, -0.2) is 24.7 Å². The van der Waals surface area contributed by atoms with Gasteiger partial charge in [-0.2, -0.15) is 0 Å². The van der Waals surface area contributed by atoms with E-state index in [1.54, 1.807) is 7.11 Å². The number of fused-ring (bicyclic) bond motifs is 1. The van der Waals surface area contributed by atoms with Crippen LogP contribution in [0.4, 0.5) is 0 Å². The van der Waals surface area contributed by atoms with Gasteiger partial charge in [-0.1, -0.05) is 6.42 Å². The smallest absolute Gasteiger partial charge is 0.119 e. The summed E-state index contributed by atoms with van der Waals surface area (Å²) in [7, 11) is 1.73. The Balaban J connectivity index is 1.94. The summed E-state index contributed by atoms with van der Waals surface area (Å²) >= 11 is 0. The number of methoxy groups -OCH3 is 1. The zero-order valence-electron chi connectivity index (χ0n) is 11.8. The Labute approximate surface area is 114 Å². The van der Waals surface area contributed by atoms with Crippen LogP contribution in [0.15, 0.2) is 18.2 Å². The van der Waals surface area contributed by atoms with Crippen LogP contribution >= 0.6 is 0 Å². The Bertz CT molecular complexity index is 567. The van der Waals surface area contributed by atoms with Crippen LogP contribution in [0.1, 0.15) is 30.5 Å². The number of piperidine rings is 1. The number of rotatable bonds is 3. The second-order valence-corrected chi connectivity index (χ2v) is 5.49. The maximum Gasteiger partial charge on any atom is 0.119 e. The van der Waals surface area contributed by atoms with Crippen LogP contribution < -0.4 is 10.1 Å².